The van der Waals surface area contributed by atoms with Gasteiger partial charge in [-0.1, -0.05) is 72.8 Å². The molecule has 0 saturated carbocycles. The van der Waals surface area contributed by atoms with Crippen LogP contribution < -0.4 is 10.1 Å². The van der Waals surface area contributed by atoms with Gasteiger partial charge in [0.05, 0.1) is 12.6 Å². The van der Waals surface area contributed by atoms with E-state index in [9.17, 15) is 4.79 Å². The van der Waals surface area contributed by atoms with Gasteiger partial charge in [-0.25, -0.2) is 4.79 Å². The van der Waals surface area contributed by atoms with Gasteiger partial charge in [0.25, 0.3) is 0 Å². The van der Waals surface area contributed by atoms with Gasteiger partial charge in [0.2, 0.25) is 0 Å². The first-order valence-electron chi connectivity index (χ1n) is 12.3. The molecule has 5 nitrogen and oxygen atoms in total. The fourth-order valence-corrected chi connectivity index (χ4v) is 5.25. The van der Waals surface area contributed by atoms with Crippen LogP contribution in [0.3, 0.4) is 0 Å². The first kappa shape index (κ1) is 22.5. The molecule has 1 unspecified atom stereocenters. The molecule has 2 aliphatic heterocycles. The second-order valence-electron chi connectivity index (χ2n) is 9.27. The summed E-state index contributed by atoms with van der Waals surface area (Å²) in [5.41, 5.74) is 4.88. The highest BCUT2D eigenvalue weighted by atomic mass is 16.5. The summed E-state index contributed by atoms with van der Waals surface area (Å²) in [7, 11) is 0. The van der Waals surface area contributed by atoms with Gasteiger partial charge in [0.1, 0.15) is 12.4 Å². The van der Waals surface area contributed by atoms with Crippen LogP contribution in [-0.4, -0.2) is 48.1 Å². The van der Waals surface area contributed by atoms with Crippen molar-refractivity contribution in [1.29, 1.82) is 0 Å². The molecule has 176 valence electrons. The van der Waals surface area contributed by atoms with E-state index < -0.39 is 0 Å². The lowest BCUT2D eigenvalue weighted by atomic mass is 9.92. The predicted octanol–water partition coefficient (Wildman–Crippen LogP) is 5.15. The number of fused-ring (bicyclic) bond motifs is 1. The molecule has 1 saturated heterocycles. The second kappa shape index (κ2) is 10.3. The van der Waals surface area contributed by atoms with E-state index >= 15 is 0 Å². The molecule has 2 heterocycles. The minimum atomic E-state index is -0.191. The van der Waals surface area contributed by atoms with E-state index in [2.05, 4.69) is 64.5 Å². The summed E-state index contributed by atoms with van der Waals surface area (Å²) in [6.07, 6.45) is 1.90. The third-order valence-electron chi connectivity index (χ3n) is 7.08. The Balaban J connectivity index is 1.43. The van der Waals surface area contributed by atoms with Gasteiger partial charge in [-0.3, -0.25) is 4.90 Å². The van der Waals surface area contributed by atoms with Crippen LogP contribution in [0.25, 0.3) is 0 Å². The number of ether oxygens (including phenoxy) is 1. The number of amides is 2. The Morgan fingerprint density at radius 2 is 1.62 bits per heavy atom. The van der Waals surface area contributed by atoms with E-state index in [4.69, 9.17) is 4.74 Å². The molecular formula is C29H33N3O2. The van der Waals surface area contributed by atoms with Crippen molar-refractivity contribution in [3.63, 3.8) is 0 Å². The molecule has 2 aliphatic rings. The van der Waals surface area contributed by atoms with E-state index in [1.54, 1.807) is 0 Å². The molecule has 0 radical (unpaired) electrons. The van der Waals surface area contributed by atoms with Crippen molar-refractivity contribution in [2.24, 2.45) is 0 Å². The molecule has 1 atom stereocenters. The highest BCUT2D eigenvalue weighted by molar-refractivity contribution is 5.76. The van der Waals surface area contributed by atoms with Crippen LogP contribution in [0.2, 0.25) is 0 Å². The van der Waals surface area contributed by atoms with Crippen LogP contribution in [0, 0.1) is 6.92 Å². The average Bonchev–Trinajstić information content (AvgIpc) is 2.94. The van der Waals surface area contributed by atoms with Crippen molar-refractivity contribution < 1.29 is 9.53 Å². The average molecular weight is 456 g/mol. The summed E-state index contributed by atoms with van der Waals surface area (Å²) in [5.74, 6) is 0.856. The highest BCUT2D eigenvalue weighted by Crippen LogP contribution is 2.38. The smallest absolute Gasteiger partial charge is 0.318 e. The Kier molecular flexibility index (Phi) is 6.82. The molecule has 3 aromatic rings. The maximum absolute atomic E-state index is 13.6. The zero-order valence-electron chi connectivity index (χ0n) is 19.8. The number of aryl methyl sites for hydroxylation is 1. The lowest BCUT2D eigenvalue weighted by molar-refractivity contribution is 0.101. The normalized spacial score (nSPS) is 19.9. The largest absolute Gasteiger partial charge is 0.491 e. The van der Waals surface area contributed by atoms with Crippen molar-refractivity contribution in [3.8, 4) is 5.75 Å². The Morgan fingerprint density at radius 3 is 2.41 bits per heavy atom. The first-order valence-corrected chi connectivity index (χ1v) is 12.3. The van der Waals surface area contributed by atoms with E-state index in [0.717, 1.165) is 49.4 Å². The first-order chi connectivity index (χ1) is 16.7. The summed E-state index contributed by atoms with van der Waals surface area (Å²) >= 11 is 0. The monoisotopic (exact) mass is 455 g/mol. The van der Waals surface area contributed by atoms with Gasteiger partial charge in [-0.2, -0.15) is 0 Å². The van der Waals surface area contributed by atoms with E-state index in [1.807, 2.05) is 36.4 Å². The number of rotatable bonds is 4. The molecule has 2 amide bonds. The number of para-hydroxylation sites is 1. The zero-order chi connectivity index (χ0) is 23.3. The minimum absolute atomic E-state index is 0.00786. The van der Waals surface area contributed by atoms with Crippen LogP contribution in [0.5, 0.6) is 5.75 Å². The van der Waals surface area contributed by atoms with Gasteiger partial charge in [-0.15, -0.1) is 0 Å². The molecule has 5 rings (SSSR count). The van der Waals surface area contributed by atoms with E-state index in [-0.39, 0.29) is 18.1 Å². The lowest BCUT2D eigenvalue weighted by Gasteiger charge is -2.42. The third-order valence-corrected chi connectivity index (χ3v) is 7.08. The standard InChI is InChI=1S/C29H33N3O2/c1-22-9-5-6-12-24(22)21-31-18-15-25(16-19-31)32-28(23-10-3-2-4-11-23)26-13-7-8-14-27(26)34-20-17-30-29(32)33/h2-14,25,28H,15-21H2,1H3,(H,30,33). The number of nitrogens with zero attached hydrogens (tertiary/aromatic N) is 2. The quantitative estimate of drug-likeness (QED) is 0.592. The van der Waals surface area contributed by atoms with Crippen LogP contribution in [0.4, 0.5) is 4.79 Å². The van der Waals surface area contributed by atoms with Crippen molar-refractivity contribution in [1.82, 2.24) is 15.1 Å². The van der Waals surface area contributed by atoms with E-state index in [1.165, 1.54) is 11.1 Å². The number of carbonyl (C=O) groups excluding carboxylic acids is 1. The lowest BCUT2D eigenvalue weighted by Crippen LogP contribution is -2.52. The van der Waals surface area contributed by atoms with Crippen molar-refractivity contribution >= 4 is 6.03 Å². The van der Waals surface area contributed by atoms with Crippen LogP contribution in [-0.2, 0) is 6.54 Å². The minimum Gasteiger partial charge on any atom is -0.491 e. The molecule has 1 N–H and O–H groups in total. The number of nitrogens with one attached hydrogen (secondary N) is 1. The number of carbonyl (C=O) groups is 1. The second-order valence-corrected chi connectivity index (χ2v) is 9.27. The predicted molar refractivity (Wildman–Crippen MR) is 135 cm³/mol. The summed E-state index contributed by atoms with van der Waals surface area (Å²) in [6.45, 7) is 6.05. The molecule has 0 spiro atoms. The SMILES string of the molecule is Cc1ccccc1CN1CCC(N2C(=O)NCCOc3ccccc3C2c2ccccc2)CC1. The Morgan fingerprint density at radius 1 is 0.912 bits per heavy atom. The van der Waals surface area contributed by atoms with Crippen molar-refractivity contribution in [2.45, 2.75) is 38.4 Å². The van der Waals surface area contributed by atoms with Gasteiger partial charge in [0, 0.05) is 31.2 Å². The number of likely N-dealkylation sites (tertiary alicyclic amines) is 1. The number of hydrogen-bond acceptors (Lipinski definition) is 3. The van der Waals surface area contributed by atoms with Gasteiger partial charge < -0.3 is 15.0 Å². The topological polar surface area (TPSA) is 44.8 Å². The zero-order valence-corrected chi connectivity index (χ0v) is 19.8. The highest BCUT2D eigenvalue weighted by Gasteiger charge is 2.36. The number of hydrogen-bond donors (Lipinski definition) is 1. The maximum atomic E-state index is 13.6. The Bertz CT molecular complexity index is 1110. The van der Waals surface area contributed by atoms with Crippen molar-refractivity contribution in [2.75, 3.05) is 26.2 Å². The van der Waals surface area contributed by atoms with Gasteiger partial charge in [0.15, 0.2) is 0 Å². The van der Waals surface area contributed by atoms with Crippen LogP contribution in [0.15, 0.2) is 78.9 Å². The van der Waals surface area contributed by atoms with Crippen LogP contribution in [0.1, 0.15) is 41.1 Å². The molecule has 0 bridgehead atoms. The summed E-state index contributed by atoms with van der Waals surface area (Å²) in [6, 6.07) is 27.1. The van der Waals surface area contributed by atoms with E-state index in [0.29, 0.717) is 13.2 Å². The third kappa shape index (κ3) is 4.80. The number of urea groups is 1. The molecule has 34 heavy (non-hydrogen) atoms. The van der Waals surface area contributed by atoms with Gasteiger partial charge in [-0.05, 0) is 42.5 Å². The molecule has 0 aliphatic carbocycles. The molecular weight excluding hydrogens is 422 g/mol. The molecule has 0 aromatic heterocycles. The summed E-state index contributed by atoms with van der Waals surface area (Å²) < 4.78 is 6.09. The number of benzene rings is 3. The maximum Gasteiger partial charge on any atom is 0.318 e. The molecule has 5 heteroatoms. The Hall–Kier alpha value is -3.31. The molecule has 1 fully saturated rings. The molecule has 3 aromatic carbocycles. The van der Waals surface area contributed by atoms with Crippen LogP contribution >= 0.6 is 0 Å². The number of piperidine rings is 1. The fourth-order valence-electron chi connectivity index (χ4n) is 5.25. The Labute approximate surface area is 202 Å². The fraction of sp³-hybridized carbons (Fsp3) is 0.345. The summed E-state index contributed by atoms with van der Waals surface area (Å²) in [5, 5.41) is 3.11. The van der Waals surface area contributed by atoms with Crippen molar-refractivity contribution in [3.05, 3.63) is 101 Å². The summed E-state index contributed by atoms with van der Waals surface area (Å²) in [4.78, 5) is 18.2. The van der Waals surface area contributed by atoms with Gasteiger partial charge >= 0.3 is 6.03 Å².